The zero-order chi connectivity index (χ0) is 20.8. The number of hydrogen-bond acceptors (Lipinski definition) is 6. The maximum absolute atomic E-state index is 13.5. The number of rotatable bonds is 6. The first-order valence-electron chi connectivity index (χ1n) is 9.81. The fourth-order valence-corrected chi connectivity index (χ4v) is 3.77. The van der Waals surface area contributed by atoms with Crippen LogP contribution in [0.1, 0.15) is 37.1 Å². The van der Waals surface area contributed by atoms with Crippen LogP contribution >= 0.6 is 0 Å². The molecule has 152 valence electrons. The van der Waals surface area contributed by atoms with E-state index in [1.165, 1.54) is 0 Å². The topological polar surface area (TPSA) is 81.7 Å². The van der Waals surface area contributed by atoms with Crippen molar-refractivity contribution in [1.82, 2.24) is 5.32 Å². The van der Waals surface area contributed by atoms with E-state index in [9.17, 15) is 14.4 Å². The van der Waals surface area contributed by atoms with Crippen LogP contribution in [0.5, 0.6) is 0 Å². The van der Waals surface area contributed by atoms with Gasteiger partial charge in [-0.3, -0.25) is 14.4 Å². The van der Waals surface area contributed by atoms with E-state index in [4.69, 9.17) is 9.47 Å². The van der Waals surface area contributed by atoms with Crippen LogP contribution in [0.3, 0.4) is 0 Å². The minimum Gasteiger partial charge on any atom is -0.465 e. The van der Waals surface area contributed by atoms with E-state index in [-0.39, 0.29) is 13.2 Å². The fourth-order valence-electron chi connectivity index (χ4n) is 3.77. The molecule has 6 nitrogen and oxygen atoms in total. The van der Waals surface area contributed by atoms with Crippen molar-refractivity contribution in [3.05, 3.63) is 71.8 Å². The van der Waals surface area contributed by atoms with Gasteiger partial charge in [0.2, 0.25) is 0 Å². The maximum Gasteiger partial charge on any atom is 0.318 e. The number of carbonyl (C=O) groups excluding carboxylic acids is 3. The number of ether oxygens (including phenoxy) is 2. The quantitative estimate of drug-likeness (QED) is 0.598. The Morgan fingerprint density at radius 3 is 1.48 bits per heavy atom. The van der Waals surface area contributed by atoms with Crippen molar-refractivity contribution in [2.75, 3.05) is 13.2 Å². The van der Waals surface area contributed by atoms with Crippen LogP contribution in [-0.4, -0.2) is 30.9 Å². The number of Topliss-reactive ketones (excluding diaryl/α,β-unsaturated/α-hetero) is 1. The normalized spacial score (nSPS) is 24.0. The smallest absolute Gasteiger partial charge is 0.318 e. The van der Waals surface area contributed by atoms with E-state index in [0.717, 1.165) is 11.1 Å². The highest BCUT2D eigenvalue weighted by Crippen LogP contribution is 2.39. The first-order valence-corrected chi connectivity index (χ1v) is 9.81. The lowest BCUT2D eigenvalue weighted by molar-refractivity contribution is -0.162. The molecule has 0 saturated carbocycles. The zero-order valence-electron chi connectivity index (χ0n) is 16.5. The zero-order valence-corrected chi connectivity index (χ0v) is 16.5. The Morgan fingerprint density at radius 1 is 0.759 bits per heavy atom. The Bertz CT molecular complexity index is 783. The Balaban J connectivity index is 2.08. The highest BCUT2D eigenvalue weighted by molar-refractivity contribution is 6.10. The molecule has 2 aromatic rings. The Labute approximate surface area is 170 Å². The first-order chi connectivity index (χ1) is 14.1. The van der Waals surface area contributed by atoms with Crippen molar-refractivity contribution >= 4 is 17.7 Å². The summed E-state index contributed by atoms with van der Waals surface area (Å²) in [5, 5.41) is 3.37. The lowest BCUT2D eigenvalue weighted by Crippen LogP contribution is -2.54. The summed E-state index contributed by atoms with van der Waals surface area (Å²) in [7, 11) is 0. The van der Waals surface area contributed by atoms with Crippen LogP contribution in [0.2, 0.25) is 0 Å². The summed E-state index contributed by atoms with van der Waals surface area (Å²) in [6.07, 6.45) is 0. The van der Waals surface area contributed by atoms with Crippen LogP contribution < -0.4 is 5.32 Å². The van der Waals surface area contributed by atoms with Gasteiger partial charge in [0, 0.05) is 0 Å². The monoisotopic (exact) mass is 395 g/mol. The minimum absolute atomic E-state index is 0.149. The third-order valence-electron chi connectivity index (χ3n) is 5.04. The van der Waals surface area contributed by atoms with Crippen molar-refractivity contribution in [2.45, 2.75) is 25.9 Å². The van der Waals surface area contributed by atoms with E-state index in [0.29, 0.717) is 0 Å². The highest BCUT2D eigenvalue weighted by Gasteiger charge is 2.52. The Morgan fingerprint density at radius 2 is 1.14 bits per heavy atom. The Kier molecular flexibility index (Phi) is 6.77. The number of benzene rings is 2. The lowest BCUT2D eigenvalue weighted by Gasteiger charge is -2.39. The van der Waals surface area contributed by atoms with Crippen LogP contribution in [-0.2, 0) is 23.9 Å². The number of hydrogen-bond donors (Lipinski definition) is 1. The maximum atomic E-state index is 13.5. The van der Waals surface area contributed by atoms with Crippen LogP contribution in [0.25, 0.3) is 0 Å². The third kappa shape index (κ3) is 4.38. The second-order valence-corrected chi connectivity index (χ2v) is 6.81. The molecule has 1 aliphatic heterocycles. The molecule has 2 aromatic carbocycles. The van der Waals surface area contributed by atoms with Crippen molar-refractivity contribution in [1.29, 1.82) is 0 Å². The molecule has 6 heteroatoms. The number of piperidine rings is 1. The molecule has 3 rings (SSSR count). The number of ketones is 1. The van der Waals surface area contributed by atoms with E-state index in [2.05, 4.69) is 5.32 Å². The van der Waals surface area contributed by atoms with Gasteiger partial charge in [-0.05, 0) is 25.0 Å². The molecule has 1 heterocycles. The van der Waals surface area contributed by atoms with Crippen molar-refractivity contribution in [2.24, 2.45) is 11.8 Å². The van der Waals surface area contributed by atoms with Crippen molar-refractivity contribution in [3.8, 4) is 0 Å². The van der Waals surface area contributed by atoms with Crippen molar-refractivity contribution < 1.29 is 23.9 Å². The second kappa shape index (κ2) is 9.47. The second-order valence-electron chi connectivity index (χ2n) is 6.81. The van der Waals surface area contributed by atoms with Gasteiger partial charge >= 0.3 is 11.9 Å². The molecule has 0 amide bonds. The summed E-state index contributed by atoms with van der Waals surface area (Å²) >= 11 is 0. The molecule has 29 heavy (non-hydrogen) atoms. The van der Waals surface area contributed by atoms with Gasteiger partial charge in [-0.1, -0.05) is 60.7 Å². The molecule has 1 aliphatic rings. The van der Waals surface area contributed by atoms with Crippen LogP contribution in [0.4, 0.5) is 0 Å². The molecule has 1 fully saturated rings. The summed E-state index contributed by atoms with van der Waals surface area (Å²) in [6.45, 7) is 3.67. The highest BCUT2D eigenvalue weighted by atomic mass is 16.5. The summed E-state index contributed by atoms with van der Waals surface area (Å²) in [6, 6.07) is 17.3. The van der Waals surface area contributed by atoms with Gasteiger partial charge in [0.15, 0.2) is 5.78 Å². The first kappa shape index (κ1) is 20.7. The molecule has 0 aliphatic carbocycles. The third-order valence-corrected chi connectivity index (χ3v) is 5.04. The van der Waals surface area contributed by atoms with Gasteiger partial charge in [-0.2, -0.15) is 0 Å². The molecule has 0 aromatic heterocycles. The molecule has 4 atom stereocenters. The predicted molar refractivity (Wildman–Crippen MR) is 107 cm³/mol. The number of esters is 2. The van der Waals surface area contributed by atoms with Gasteiger partial charge in [-0.25, -0.2) is 0 Å². The lowest BCUT2D eigenvalue weighted by atomic mass is 9.74. The van der Waals surface area contributed by atoms with Gasteiger partial charge < -0.3 is 14.8 Å². The SMILES string of the molecule is CCOC(=O)[C@@H]1C(=O)[C@@H](C(=O)OCC)[C@@H](c2ccccc2)N[C@@H]1c1ccccc1. The summed E-state index contributed by atoms with van der Waals surface area (Å²) in [5.74, 6) is -4.03. The Hall–Kier alpha value is -2.99. The summed E-state index contributed by atoms with van der Waals surface area (Å²) in [4.78, 5) is 38.9. The van der Waals surface area contributed by atoms with E-state index < -0.39 is 41.6 Å². The molecule has 1 saturated heterocycles. The standard InChI is InChI=1S/C23H25NO5/c1-3-28-22(26)17-19(15-11-7-5-8-12-15)24-20(16-13-9-6-10-14-16)18(21(17)25)23(27)29-4-2/h5-14,17-20,24H,3-4H2,1-2H3/t17-,18-,19+,20+/m0/s1. The molecule has 0 unspecified atom stereocenters. The van der Waals surface area contributed by atoms with Gasteiger partial charge in [0.05, 0.1) is 25.3 Å². The molecule has 0 bridgehead atoms. The number of nitrogens with one attached hydrogen (secondary N) is 1. The predicted octanol–water partition coefficient (Wildman–Crippen LogP) is 3.00. The molecule has 1 N–H and O–H groups in total. The minimum atomic E-state index is -1.13. The fraction of sp³-hybridized carbons (Fsp3) is 0.348. The average Bonchev–Trinajstić information content (AvgIpc) is 2.74. The molecular formula is C23H25NO5. The molecule has 0 spiro atoms. The van der Waals surface area contributed by atoms with E-state index in [1.54, 1.807) is 13.8 Å². The van der Waals surface area contributed by atoms with E-state index >= 15 is 0 Å². The van der Waals surface area contributed by atoms with Gasteiger partial charge in [-0.15, -0.1) is 0 Å². The van der Waals surface area contributed by atoms with Crippen molar-refractivity contribution in [3.63, 3.8) is 0 Å². The summed E-state index contributed by atoms with van der Waals surface area (Å²) in [5.41, 5.74) is 1.56. The van der Waals surface area contributed by atoms with Crippen LogP contribution in [0, 0.1) is 11.8 Å². The molecule has 0 radical (unpaired) electrons. The van der Waals surface area contributed by atoms with Crippen LogP contribution in [0.15, 0.2) is 60.7 Å². The largest absolute Gasteiger partial charge is 0.465 e. The summed E-state index contributed by atoms with van der Waals surface area (Å²) < 4.78 is 10.4. The number of carbonyl (C=O) groups is 3. The molecular weight excluding hydrogens is 370 g/mol. The average molecular weight is 395 g/mol. The van der Waals surface area contributed by atoms with Gasteiger partial charge in [0.25, 0.3) is 0 Å². The van der Waals surface area contributed by atoms with Gasteiger partial charge in [0.1, 0.15) is 11.8 Å². The van der Waals surface area contributed by atoms with E-state index in [1.807, 2.05) is 60.7 Å².